The molecule has 0 spiro atoms. The van der Waals surface area contributed by atoms with Gasteiger partial charge in [0, 0.05) is 18.8 Å². The van der Waals surface area contributed by atoms with Gasteiger partial charge in [-0.2, -0.15) is 0 Å². The summed E-state index contributed by atoms with van der Waals surface area (Å²) in [6.45, 7) is 6.19. The van der Waals surface area contributed by atoms with E-state index < -0.39 is 0 Å². The third-order valence-corrected chi connectivity index (χ3v) is 3.19. The predicted octanol–water partition coefficient (Wildman–Crippen LogP) is 1.56. The van der Waals surface area contributed by atoms with Crippen LogP contribution in [0.1, 0.15) is 18.9 Å². The minimum absolute atomic E-state index is 0.563. The van der Waals surface area contributed by atoms with E-state index >= 15 is 0 Å². The zero-order chi connectivity index (χ0) is 10.8. The summed E-state index contributed by atoms with van der Waals surface area (Å²) in [6.07, 6.45) is 3.07. The first-order chi connectivity index (χ1) is 7.20. The van der Waals surface area contributed by atoms with E-state index in [2.05, 4.69) is 29.8 Å². The Kier molecular flexibility index (Phi) is 2.91. The molecule has 3 heteroatoms. The van der Waals surface area contributed by atoms with E-state index in [4.69, 9.17) is 5.73 Å². The second kappa shape index (κ2) is 4.19. The standard InChI is InChI=1S/C12H19N3/c1-9-3-4-14-12(5-9)15-8-11(7-13)6-10(15)2/h3-5,10-11H,6-8,13H2,1-2H3. The van der Waals surface area contributed by atoms with Gasteiger partial charge in [0.05, 0.1) is 0 Å². The minimum atomic E-state index is 0.563. The van der Waals surface area contributed by atoms with Gasteiger partial charge < -0.3 is 10.6 Å². The molecular formula is C12H19N3. The minimum Gasteiger partial charge on any atom is -0.354 e. The molecule has 2 N–H and O–H groups in total. The summed E-state index contributed by atoms with van der Waals surface area (Å²) in [5.74, 6) is 1.72. The van der Waals surface area contributed by atoms with Crippen LogP contribution in [0.5, 0.6) is 0 Å². The van der Waals surface area contributed by atoms with E-state index in [1.165, 1.54) is 12.0 Å². The molecule has 0 amide bonds. The maximum atomic E-state index is 5.72. The Labute approximate surface area is 91.3 Å². The fraction of sp³-hybridized carbons (Fsp3) is 0.583. The molecule has 1 aliphatic rings. The Balaban J connectivity index is 2.17. The quantitative estimate of drug-likeness (QED) is 0.796. The van der Waals surface area contributed by atoms with Gasteiger partial charge in [0.15, 0.2) is 0 Å². The summed E-state index contributed by atoms with van der Waals surface area (Å²) in [5.41, 5.74) is 6.99. The van der Waals surface area contributed by atoms with Gasteiger partial charge in [-0.25, -0.2) is 4.98 Å². The molecule has 1 saturated heterocycles. The number of aryl methyl sites for hydroxylation is 1. The number of hydrogen-bond acceptors (Lipinski definition) is 3. The first-order valence-corrected chi connectivity index (χ1v) is 5.60. The van der Waals surface area contributed by atoms with Crippen LogP contribution in [0.3, 0.4) is 0 Å². The topological polar surface area (TPSA) is 42.2 Å². The van der Waals surface area contributed by atoms with Gasteiger partial charge in [0.2, 0.25) is 0 Å². The SMILES string of the molecule is Cc1ccnc(N2CC(CN)CC2C)c1. The predicted molar refractivity (Wildman–Crippen MR) is 62.9 cm³/mol. The van der Waals surface area contributed by atoms with E-state index in [1.54, 1.807) is 0 Å². The molecule has 82 valence electrons. The van der Waals surface area contributed by atoms with E-state index in [0.717, 1.165) is 18.9 Å². The van der Waals surface area contributed by atoms with Crippen LogP contribution in [0, 0.1) is 12.8 Å². The molecule has 1 fully saturated rings. The van der Waals surface area contributed by atoms with Crippen LogP contribution < -0.4 is 10.6 Å². The Hall–Kier alpha value is -1.09. The fourth-order valence-corrected chi connectivity index (χ4v) is 2.31. The van der Waals surface area contributed by atoms with Crippen molar-refractivity contribution in [3.05, 3.63) is 23.9 Å². The molecule has 2 heterocycles. The highest BCUT2D eigenvalue weighted by Crippen LogP contribution is 2.27. The van der Waals surface area contributed by atoms with Crippen LogP contribution >= 0.6 is 0 Å². The van der Waals surface area contributed by atoms with Gasteiger partial charge >= 0.3 is 0 Å². The Bertz CT molecular complexity index is 337. The van der Waals surface area contributed by atoms with Crippen molar-refractivity contribution in [2.24, 2.45) is 11.7 Å². The number of nitrogens with zero attached hydrogens (tertiary/aromatic N) is 2. The highest BCUT2D eigenvalue weighted by Gasteiger charge is 2.28. The van der Waals surface area contributed by atoms with Crippen molar-refractivity contribution in [3.63, 3.8) is 0 Å². The molecule has 0 saturated carbocycles. The van der Waals surface area contributed by atoms with Crippen LogP contribution in [-0.4, -0.2) is 24.1 Å². The van der Waals surface area contributed by atoms with E-state index in [1.807, 2.05) is 12.3 Å². The number of anilines is 1. The lowest BCUT2D eigenvalue weighted by Gasteiger charge is -2.22. The summed E-state index contributed by atoms with van der Waals surface area (Å²) in [4.78, 5) is 6.79. The molecule has 1 aromatic heterocycles. The number of hydrogen-bond donors (Lipinski definition) is 1. The second-order valence-electron chi connectivity index (χ2n) is 4.53. The van der Waals surface area contributed by atoms with Crippen LogP contribution in [0.25, 0.3) is 0 Å². The van der Waals surface area contributed by atoms with Crippen molar-refractivity contribution in [1.29, 1.82) is 0 Å². The third-order valence-electron chi connectivity index (χ3n) is 3.19. The zero-order valence-corrected chi connectivity index (χ0v) is 9.48. The van der Waals surface area contributed by atoms with Crippen molar-refractivity contribution in [2.75, 3.05) is 18.0 Å². The Morgan fingerprint density at radius 3 is 3.00 bits per heavy atom. The van der Waals surface area contributed by atoms with Gasteiger partial charge in [-0.3, -0.25) is 0 Å². The lowest BCUT2D eigenvalue weighted by Crippen LogP contribution is -2.28. The van der Waals surface area contributed by atoms with E-state index in [9.17, 15) is 0 Å². The van der Waals surface area contributed by atoms with Gasteiger partial charge in [0.1, 0.15) is 5.82 Å². The molecule has 0 bridgehead atoms. The lowest BCUT2D eigenvalue weighted by molar-refractivity contribution is 0.579. The number of aromatic nitrogens is 1. The molecule has 2 unspecified atom stereocenters. The highest BCUT2D eigenvalue weighted by molar-refractivity contribution is 5.43. The van der Waals surface area contributed by atoms with Crippen molar-refractivity contribution >= 4 is 5.82 Å². The molecule has 3 nitrogen and oxygen atoms in total. The fourth-order valence-electron chi connectivity index (χ4n) is 2.31. The third kappa shape index (κ3) is 2.12. The van der Waals surface area contributed by atoms with Gasteiger partial charge in [-0.15, -0.1) is 0 Å². The summed E-state index contributed by atoms with van der Waals surface area (Å²) < 4.78 is 0. The average molecular weight is 205 g/mol. The highest BCUT2D eigenvalue weighted by atomic mass is 15.2. The van der Waals surface area contributed by atoms with Crippen molar-refractivity contribution in [1.82, 2.24) is 4.98 Å². The van der Waals surface area contributed by atoms with Crippen LogP contribution in [0.15, 0.2) is 18.3 Å². The maximum Gasteiger partial charge on any atom is 0.128 e. The molecule has 15 heavy (non-hydrogen) atoms. The van der Waals surface area contributed by atoms with Gasteiger partial charge in [-0.1, -0.05) is 0 Å². The van der Waals surface area contributed by atoms with E-state index in [-0.39, 0.29) is 0 Å². The van der Waals surface area contributed by atoms with Gasteiger partial charge in [-0.05, 0) is 50.4 Å². The average Bonchev–Trinajstić information content (AvgIpc) is 2.60. The molecule has 0 radical (unpaired) electrons. The van der Waals surface area contributed by atoms with E-state index in [0.29, 0.717) is 12.0 Å². The van der Waals surface area contributed by atoms with Gasteiger partial charge in [0.25, 0.3) is 0 Å². The molecule has 0 aromatic carbocycles. The van der Waals surface area contributed by atoms with Crippen molar-refractivity contribution in [2.45, 2.75) is 26.3 Å². The number of nitrogens with two attached hydrogens (primary N) is 1. The first-order valence-electron chi connectivity index (χ1n) is 5.60. The number of rotatable bonds is 2. The maximum absolute atomic E-state index is 5.72. The van der Waals surface area contributed by atoms with Crippen LogP contribution in [-0.2, 0) is 0 Å². The lowest BCUT2D eigenvalue weighted by atomic mass is 10.1. The second-order valence-corrected chi connectivity index (χ2v) is 4.53. The smallest absolute Gasteiger partial charge is 0.128 e. The van der Waals surface area contributed by atoms with Crippen LogP contribution in [0.2, 0.25) is 0 Å². The molecule has 2 rings (SSSR count). The molecule has 2 atom stereocenters. The van der Waals surface area contributed by atoms with Crippen LogP contribution in [0.4, 0.5) is 5.82 Å². The summed E-state index contributed by atoms with van der Waals surface area (Å²) in [5, 5.41) is 0. The molecule has 0 aliphatic carbocycles. The first kappa shape index (κ1) is 10.4. The van der Waals surface area contributed by atoms with Crippen molar-refractivity contribution in [3.8, 4) is 0 Å². The molecule has 1 aromatic rings. The zero-order valence-electron chi connectivity index (χ0n) is 9.48. The van der Waals surface area contributed by atoms with Crippen molar-refractivity contribution < 1.29 is 0 Å². The molecule has 1 aliphatic heterocycles. The monoisotopic (exact) mass is 205 g/mol. The molecular weight excluding hydrogens is 186 g/mol. The number of pyridine rings is 1. The Morgan fingerprint density at radius 2 is 2.40 bits per heavy atom. The summed E-state index contributed by atoms with van der Waals surface area (Å²) in [6, 6.07) is 4.74. The normalized spacial score (nSPS) is 25.9. The summed E-state index contributed by atoms with van der Waals surface area (Å²) >= 11 is 0. The largest absolute Gasteiger partial charge is 0.354 e. The summed E-state index contributed by atoms with van der Waals surface area (Å²) in [7, 11) is 0. The Morgan fingerprint density at radius 1 is 1.60 bits per heavy atom.